The Morgan fingerprint density at radius 3 is 3.14 bits per heavy atom. The minimum atomic E-state index is -0.906. The number of nitrogens with zero attached hydrogens (tertiary/aromatic N) is 3. The first kappa shape index (κ1) is 9.14. The Kier molecular flexibility index (Phi) is 2.45. The molecule has 76 valence electrons. The van der Waals surface area contributed by atoms with Crippen LogP contribution in [0.15, 0.2) is 6.20 Å². The number of rotatable bonds is 5. The Morgan fingerprint density at radius 2 is 2.50 bits per heavy atom. The fourth-order valence-corrected chi connectivity index (χ4v) is 1.17. The van der Waals surface area contributed by atoms with Gasteiger partial charge in [-0.2, -0.15) is 0 Å². The Hall–Kier alpha value is -1.43. The minimum absolute atomic E-state index is 0.129. The van der Waals surface area contributed by atoms with Gasteiger partial charge >= 0.3 is 5.97 Å². The van der Waals surface area contributed by atoms with Crippen molar-refractivity contribution in [3.8, 4) is 0 Å². The first-order valence-corrected chi connectivity index (χ1v) is 4.58. The van der Waals surface area contributed by atoms with Crippen LogP contribution in [0.2, 0.25) is 0 Å². The number of aliphatic carboxylic acids is 1. The van der Waals surface area contributed by atoms with Gasteiger partial charge in [0, 0.05) is 12.6 Å². The van der Waals surface area contributed by atoms with Crippen molar-refractivity contribution < 1.29 is 9.90 Å². The van der Waals surface area contributed by atoms with E-state index in [0.29, 0.717) is 12.6 Å². The molecule has 0 saturated heterocycles. The third-order valence-corrected chi connectivity index (χ3v) is 2.03. The van der Waals surface area contributed by atoms with Crippen LogP contribution in [0.1, 0.15) is 18.5 Å². The van der Waals surface area contributed by atoms with Gasteiger partial charge in [-0.1, -0.05) is 5.21 Å². The summed E-state index contributed by atoms with van der Waals surface area (Å²) in [5, 5.41) is 19.3. The molecule has 0 atom stereocenters. The van der Waals surface area contributed by atoms with Gasteiger partial charge in [-0.15, -0.1) is 5.10 Å². The van der Waals surface area contributed by atoms with Gasteiger partial charge in [-0.3, -0.25) is 4.79 Å². The van der Waals surface area contributed by atoms with Crippen LogP contribution in [-0.2, 0) is 17.9 Å². The molecule has 1 heterocycles. The zero-order chi connectivity index (χ0) is 9.97. The van der Waals surface area contributed by atoms with Crippen LogP contribution < -0.4 is 5.32 Å². The minimum Gasteiger partial charge on any atom is -0.480 e. The van der Waals surface area contributed by atoms with Crippen molar-refractivity contribution in [2.24, 2.45) is 0 Å². The van der Waals surface area contributed by atoms with Gasteiger partial charge in [0.1, 0.15) is 6.54 Å². The summed E-state index contributed by atoms with van der Waals surface area (Å²) in [4.78, 5) is 10.3. The fraction of sp³-hybridized carbons (Fsp3) is 0.625. The van der Waals surface area contributed by atoms with E-state index in [0.717, 1.165) is 5.69 Å². The van der Waals surface area contributed by atoms with E-state index in [9.17, 15) is 4.79 Å². The Bertz CT molecular complexity index is 332. The summed E-state index contributed by atoms with van der Waals surface area (Å²) in [5.41, 5.74) is 0.790. The molecule has 0 radical (unpaired) electrons. The van der Waals surface area contributed by atoms with Crippen molar-refractivity contribution in [2.75, 3.05) is 0 Å². The zero-order valence-corrected chi connectivity index (χ0v) is 7.68. The lowest BCUT2D eigenvalue weighted by Gasteiger charge is -1.96. The summed E-state index contributed by atoms with van der Waals surface area (Å²) >= 11 is 0. The number of hydrogen-bond acceptors (Lipinski definition) is 4. The maximum absolute atomic E-state index is 10.3. The zero-order valence-electron chi connectivity index (χ0n) is 7.68. The van der Waals surface area contributed by atoms with Gasteiger partial charge in [0.05, 0.1) is 11.9 Å². The normalized spacial score (nSPS) is 15.7. The summed E-state index contributed by atoms with van der Waals surface area (Å²) in [6, 6.07) is 0.625. The van der Waals surface area contributed by atoms with E-state index in [-0.39, 0.29) is 6.54 Å². The molecule has 0 spiro atoms. The molecule has 14 heavy (non-hydrogen) atoms. The number of nitrogens with one attached hydrogen (secondary N) is 1. The van der Waals surface area contributed by atoms with Crippen LogP contribution in [0.25, 0.3) is 0 Å². The number of carbonyl (C=O) groups is 1. The topological polar surface area (TPSA) is 80.0 Å². The largest absolute Gasteiger partial charge is 0.480 e. The van der Waals surface area contributed by atoms with Crippen molar-refractivity contribution in [3.05, 3.63) is 11.9 Å². The first-order chi connectivity index (χ1) is 6.74. The average molecular weight is 196 g/mol. The molecule has 2 N–H and O–H groups in total. The van der Waals surface area contributed by atoms with E-state index in [4.69, 9.17) is 5.11 Å². The van der Waals surface area contributed by atoms with Crippen LogP contribution in [0.3, 0.4) is 0 Å². The molecule has 6 heteroatoms. The Labute approximate surface area is 80.9 Å². The molecule has 1 saturated carbocycles. The Morgan fingerprint density at radius 1 is 1.71 bits per heavy atom. The highest BCUT2D eigenvalue weighted by Gasteiger charge is 2.20. The summed E-state index contributed by atoms with van der Waals surface area (Å²) in [5.74, 6) is -0.906. The molecule has 0 aromatic carbocycles. The van der Waals surface area contributed by atoms with Crippen molar-refractivity contribution >= 4 is 5.97 Å². The Balaban J connectivity index is 1.84. The second-order valence-corrected chi connectivity index (χ2v) is 3.46. The second kappa shape index (κ2) is 3.75. The number of carboxylic acids is 1. The highest BCUT2D eigenvalue weighted by Crippen LogP contribution is 2.18. The van der Waals surface area contributed by atoms with Crippen LogP contribution in [0, 0.1) is 0 Å². The predicted octanol–water partition coefficient (Wildman–Crippen LogP) is -0.385. The summed E-state index contributed by atoms with van der Waals surface area (Å²) in [6.07, 6.45) is 4.11. The maximum atomic E-state index is 10.3. The van der Waals surface area contributed by atoms with Gasteiger partial charge < -0.3 is 10.4 Å². The van der Waals surface area contributed by atoms with E-state index in [1.807, 2.05) is 0 Å². The molecular formula is C8H12N4O2. The van der Waals surface area contributed by atoms with Crippen molar-refractivity contribution in [1.29, 1.82) is 0 Å². The molecule has 1 aromatic rings. The van der Waals surface area contributed by atoms with E-state index in [1.165, 1.54) is 17.5 Å². The van der Waals surface area contributed by atoms with Crippen LogP contribution in [0.5, 0.6) is 0 Å². The molecular weight excluding hydrogens is 184 g/mol. The number of aromatic nitrogens is 3. The highest BCUT2D eigenvalue weighted by atomic mass is 16.4. The molecule has 0 aliphatic heterocycles. The highest BCUT2D eigenvalue weighted by molar-refractivity contribution is 5.66. The lowest BCUT2D eigenvalue weighted by Crippen LogP contribution is -2.15. The van der Waals surface area contributed by atoms with Crippen molar-refractivity contribution in [1.82, 2.24) is 20.3 Å². The molecule has 6 nitrogen and oxygen atoms in total. The number of carboxylic acid groups (broad SMARTS) is 1. The summed E-state index contributed by atoms with van der Waals surface area (Å²) in [7, 11) is 0. The van der Waals surface area contributed by atoms with E-state index < -0.39 is 5.97 Å². The molecule has 1 aliphatic carbocycles. The standard InChI is InChI=1S/C8H12N4O2/c13-8(14)5-12-4-7(10-11-12)3-9-6-1-2-6/h4,6,9H,1-3,5H2,(H,13,14). The van der Waals surface area contributed by atoms with E-state index >= 15 is 0 Å². The summed E-state index contributed by atoms with van der Waals surface area (Å²) in [6.45, 7) is 0.542. The number of hydrogen-bond donors (Lipinski definition) is 2. The third-order valence-electron chi connectivity index (χ3n) is 2.03. The third kappa shape index (κ3) is 2.53. The van der Waals surface area contributed by atoms with Gasteiger partial charge in [0.15, 0.2) is 0 Å². The van der Waals surface area contributed by atoms with Crippen LogP contribution in [-0.4, -0.2) is 32.1 Å². The second-order valence-electron chi connectivity index (χ2n) is 3.46. The molecule has 1 fully saturated rings. The quantitative estimate of drug-likeness (QED) is 0.670. The van der Waals surface area contributed by atoms with Gasteiger partial charge in [-0.25, -0.2) is 4.68 Å². The maximum Gasteiger partial charge on any atom is 0.325 e. The van der Waals surface area contributed by atoms with E-state index in [1.54, 1.807) is 6.20 Å². The van der Waals surface area contributed by atoms with Gasteiger partial charge in [-0.05, 0) is 12.8 Å². The van der Waals surface area contributed by atoms with Gasteiger partial charge in [0.2, 0.25) is 0 Å². The monoisotopic (exact) mass is 196 g/mol. The molecule has 2 rings (SSSR count). The van der Waals surface area contributed by atoms with Crippen LogP contribution >= 0.6 is 0 Å². The molecule has 0 unspecified atom stereocenters. The molecule has 0 amide bonds. The van der Waals surface area contributed by atoms with Crippen molar-refractivity contribution in [3.63, 3.8) is 0 Å². The van der Waals surface area contributed by atoms with Gasteiger partial charge in [0.25, 0.3) is 0 Å². The van der Waals surface area contributed by atoms with E-state index in [2.05, 4.69) is 15.6 Å². The van der Waals surface area contributed by atoms with Crippen LogP contribution in [0.4, 0.5) is 0 Å². The smallest absolute Gasteiger partial charge is 0.325 e. The predicted molar refractivity (Wildman–Crippen MR) is 47.5 cm³/mol. The first-order valence-electron chi connectivity index (χ1n) is 4.58. The lowest BCUT2D eigenvalue weighted by molar-refractivity contribution is -0.137. The average Bonchev–Trinajstić information content (AvgIpc) is 2.84. The molecule has 0 bridgehead atoms. The van der Waals surface area contributed by atoms with Crippen molar-refractivity contribution in [2.45, 2.75) is 32.0 Å². The summed E-state index contributed by atoms with van der Waals surface area (Å²) < 4.78 is 1.33. The molecule has 1 aliphatic rings. The molecule has 1 aromatic heterocycles. The fourth-order valence-electron chi connectivity index (χ4n) is 1.17. The SMILES string of the molecule is O=C(O)Cn1cc(CNC2CC2)nn1. The lowest BCUT2D eigenvalue weighted by atomic mass is 10.4.